The van der Waals surface area contributed by atoms with E-state index in [0.717, 1.165) is 66.4 Å². The third-order valence-electron chi connectivity index (χ3n) is 5.38. The van der Waals surface area contributed by atoms with Crippen LogP contribution in [0.25, 0.3) is 21.5 Å². The lowest BCUT2D eigenvalue weighted by atomic mass is 10.1. The first kappa shape index (κ1) is 20.1. The van der Waals surface area contributed by atoms with Gasteiger partial charge in [0, 0.05) is 31.3 Å². The third kappa shape index (κ3) is 4.74. The molecule has 1 aliphatic heterocycles. The number of fused-ring (bicyclic) bond motifs is 1. The molecule has 1 aliphatic rings. The monoisotopic (exact) mass is 431 g/mol. The van der Waals surface area contributed by atoms with Gasteiger partial charge in [-0.1, -0.05) is 47.2 Å². The molecular weight excluding hydrogens is 406 g/mol. The van der Waals surface area contributed by atoms with E-state index in [0.29, 0.717) is 0 Å². The van der Waals surface area contributed by atoms with Gasteiger partial charge in [0.2, 0.25) is 0 Å². The van der Waals surface area contributed by atoms with Crippen LogP contribution in [0.3, 0.4) is 0 Å². The van der Waals surface area contributed by atoms with Crippen molar-refractivity contribution in [2.75, 3.05) is 31.6 Å². The van der Waals surface area contributed by atoms with Gasteiger partial charge in [-0.3, -0.25) is 4.90 Å². The van der Waals surface area contributed by atoms with Crippen molar-refractivity contribution >= 4 is 32.5 Å². The summed E-state index contributed by atoms with van der Waals surface area (Å²) in [5.41, 5.74) is 5.53. The maximum Gasteiger partial charge on any atom is 0.189 e. The SMILES string of the molecule is Cc1ccc(-c2cc(Nc3nc4ccc(CN5CCOCC5)cc4s3)nc(C)n2)cc1. The molecule has 4 aromatic rings. The molecule has 0 atom stereocenters. The number of morpholine rings is 1. The van der Waals surface area contributed by atoms with Gasteiger partial charge in [0.15, 0.2) is 5.13 Å². The standard InChI is InChI=1S/C24H25N5OS/c1-16-3-6-19(7-4-16)21-14-23(26-17(2)25-21)28-24-27-20-8-5-18(13-22(20)31-24)15-29-9-11-30-12-10-29/h3-8,13-14H,9-12,15H2,1-2H3,(H,25,26,27,28). The van der Waals surface area contributed by atoms with Crippen LogP contribution in [-0.4, -0.2) is 46.2 Å². The van der Waals surface area contributed by atoms with E-state index in [4.69, 9.17) is 9.72 Å². The molecular formula is C24H25N5OS. The maximum atomic E-state index is 5.45. The lowest BCUT2D eigenvalue weighted by Gasteiger charge is -2.26. The highest BCUT2D eigenvalue weighted by molar-refractivity contribution is 7.22. The number of aryl methyl sites for hydroxylation is 2. The van der Waals surface area contributed by atoms with Crippen LogP contribution in [0.15, 0.2) is 48.5 Å². The highest BCUT2D eigenvalue weighted by Gasteiger charge is 2.13. The average molecular weight is 432 g/mol. The Morgan fingerprint density at radius 3 is 2.58 bits per heavy atom. The zero-order valence-electron chi connectivity index (χ0n) is 17.8. The first-order valence-electron chi connectivity index (χ1n) is 10.5. The molecule has 0 unspecified atom stereocenters. The smallest absolute Gasteiger partial charge is 0.189 e. The summed E-state index contributed by atoms with van der Waals surface area (Å²) in [5.74, 6) is 1.49. The van der Waals surface area contributed by atoms with Gasteiger partial charge in [0.25, 0.3) is 0 Å². The van der Waals surface area contributed by atoms with Gasteiger partial charge in [-0.05, 0) is 31.5 Å². The number of nitrogens with zero attached hydrogens (tertiary/aromatic N) is 4. The van der Waals surface area contributed by atoms with Crippen molar-refractivity contribution in [2.45, 2.75) is 20.4 Å². The molecule has 0 saturated carbocycles. The molecule has 1 N–H and O–H groups in total. The fraction of sp³-hybridized carbons (Fsp3) is 0.292. The minimum absolute atomic E-state index is 0.731. The van der Waals surface area contributed by atoms with Crippen LogP contribution in [0.2, 0.25) is 0 Å². The minimum Gasteiger partial charge on any atom is -0.379 e. The van der Waals surface area contributed by atoms with Crippen molar-refractivity contribution in [2.24, 2.45) is 0 Å². The van der Waals surface area contributed by atoms with Gasteiger partial charge in [-0.15, -0.1) is 0 Å². The number of benzene rings is 2. The van der Waals surface area contributed by atoms with Crippen LogP contribution >= 0.6 is 11.3 Å². The molecule has 0 bridgehead atoms. The summed E-state index contributed by atoms with van der Waals surface area (Å²) in [4.78, 5) is 16.4. The van der Waals surface area contributed by atoms with E-state index in [1.54, 1.807) is 11.3 Å². The van der Waals surface area contributed by atoms with Crippen molar-refractivity contribution in [3.8, 4) is 11.3 Å². The fourth-order valence-electron chi connectivity index (χ4n) is 3.75. The largest absolute Gasteiger partial charge is 0.379 e. The number of nitrogens with one attached hydrogen (secondary N) is 1. The van der Waals surface area contributed by atoms with Gasteiger partial charge in [0.05, 0.1) is 29.1 Å². The first-order chi connectivity index (χ1) is 15.1. The van der Waals surface area contributed by atoms with E-state index in [1.807, 2.05) is 13.0 Å². The summed E-state index contributed by atoms with van der Waals surface area (Å²) in [6.07, 6.45) is 0. The van der Waals surface area contributed by atoms with E-state index >= 15 is 0 Å². The molecule has 7 heteroatoms. The summed E-state index contributed by atoms with van der Waals surface area (Å²) < 4.78 is 6.63. The minimum atomic E-state index is 0.731. The number of aromatic nitrogens is 3. The highest BCUT2D eigenvalue weighted by Crippen LogP contribution is 2.30. The highest BCUT2D eigenvalue weighted by atomic mass is 32.1. The molecule has 6 nitrogen and oxygen atoms in total. The van der Waals surface area contributed by atoms with Crippen molar-refractivity contribution in [1.29, 1.82) is 0 Å². The van der Waals surface area contributed by atoms with Crippen molar-refractivity contribution in [1.82, 2.24) is 19.9 Å². The molecule has 5 rings (SSSR count). The van der Waals surface area contributed by atoms with Crippen LogP contribution < -0.4 is 5.32 Å². The lowest BCUT2D eigenvalue weighted by molar-refractivity contribution is 0.0342. The number of hydrogen-bond acceptors (Lipinski definition) is 7. The summed E-state index contributed by atoms with van der Waals surface area (Å²) in [5, 5.41) is 4.23. The van der Waals surface area contributed by atoms with Gasteiger partial charge >= 0.3 is 0 Å². The van der Waals surface area contributed by atoms with E-state index in [2.05, 4.69) is 69.6 Å². The maximum absolute atomic E-state index is 5.45. The van der Waals surface area contributed by atoms with E-state index in [1.165, 1.54) is 15.8 Å². The van der Waals surface area contributed by atoms with Gasteiger partial charge in [-0.2, -0.15) is 0 Å². The topological polar surface area (TPSA) is 63.2 Å². The molecule has 1 fully saturated rings. The Balaban J connectivity index is 1.37. The second-order valence-corrected chi connectivity index (χ2v) is 8.92. The number of ether oxygens (including phenoxy) is 1. The molecule has 1 saturated heterocycles. The van der Waals surface area contributed by atoms with Crippen LogP contribution in [0, 0.1) is 13.8 Å². The number of hydrogen-bond donors (Lipinski definition) is 1. The van der Waals surface area contributed by atoms with Crippen LogP contribution in [0.4, 0.5) is 10.9 Å². The third-order valence-corrected chi connectivity index (χ3v) is 6.32. The number of anilines is 2. The molecule has 0 aliphatic carbocycles. The molecule has 0 amide bonds. The van der Waals surface area contributed by atoms with Crippen LogP contribution in [0.1, 0.15) is 17.0 Å². The number of thiazole rings is 1. The van der Waals surface area contributed by atoms with Crippen LogP contribution in [0.5, 0.6) is 0 Å². The lowest BCUT2D eigenvalue weighted by Crippen LogP contribution is -2.35. The Kier molecular flexibility index (Phi) is 5.63. The molecule has 2 aromatic carbocycles. The first-order valence-corrected chi connectivity index (χ1v) is 11.3. The summed E-state index contributed by atoms with van der Waals surface area (Å²) >= 11 is 1.65. The molecule has 2 aromatic heterocycles. The Hall–Kier alpha value is -2.87. The molecule has 31 heavy (non-hydrogen) atoms. The molecule has 3 heterocycles. The summed E-state index contributed by atoms with van der Waals surface area (Å²) in [7, 11) is 0. The normalized spacial score (nSPS) is 14.8. The van der Waals surface area contributed by atoms with Gasteiger partial charge in [-0.25, -0.2) is 15.0 Å². The van der Waals surface area contributed by atoms with Gasteiger partial charge < -0.3 is 10.1 Å². The Labute approximate surface area is 185 Å². The predicted octanol–water partition coefficient (Wildman–Crippen LogP) is 4.95. The Bertz CT molecular complexity index is 1200. The second kappa shape index (κ2) is 8.70. The predicted molar refractivity (Wildman–Crippen MR) is 126 cm³/mol. The molecule has 0 radical (unpaired) electrons. The number of rotatable bonds is 5. The Morgan fingerprint density at radius 1 is 0.968 bits per heavy atom. The van der Waals surface area contributed by atoms with Crippen molar-refractivity contribution in [3.05, 3.63) is 65.5 Å². The second-order valence-electron chi connectivity index (χ2n) is 7.89. The van der Waals surface area contributed by atoms with E-state index in [-0.39, 0.29) is 0 Å². The quantitative estimate of drug-likeness (QED) is 0.483. The molecule has 0 spiro atoms. The van der Waals surface area contributed by atoms with E-state index in [9.17, 15) is 0 Å². The van der Waals surface area contributed by atoms with Crippen LogP contribution in [-0.2, 0) is 11.3 Å². The Morgan fingerprint density at radius 2 is 1.77 bits per heavy atom. The zero-order valence-corrected chi connectivity index (χ0v) is 18.6. The summed E-state index contributed by atoms with van der Waals surface area (Å²) in [6.45, 7) is 8.57. The fourth-order valence-corrected chi connectivity index (χ4v) is 4.69. The van der Waals surface area contributed by atoms with Crippen molar-refractivity contribution in [3.63, 3.8) is 0 Å². The zero-order chi connectivity index (χ0) is 21.2. The average Bonchev–Trinajstić information content (AvgIpc) is 3.16. The van der Waals surface area contributed by atoms with Gasteiger partial charge in [0.1, 0.15) is 11.6 Å². The van der Waals surface area contributed by atoms with E-state index < -0.39 is 0 Å². The van der Waals surface area contributed by atoms with Crippen molar-refractivity contribution < 1.29 is 4.74 Å². The summed E-state index contributed by atoms with van der Waals surface area (Å²) in [6, 6.07) is 16.9. The molecule has 158 valence electrons.